The van der Waals surface area contributed by atoms with Gasteiger partial charge in [0, 0.05) is 24.3 Å². The second-order valence-corrected chi connectivity index (χ2v) is 4.72. The molecule has 0 saturated heterocycles. The van der Waals surface area contributed by atoms with Crippen molar-refractivity contribution in [1.29, 1.82) is 0 Å². The summed E-state index contributed by atoms with van der Waals surface area (Å²) < 4.78 is 12.8. The Kier molecular flexibility index (Phi) is 4.87. The molecule has 0 atom stereocenters. The molecule has 21 heavy (non-hydrogen) atoms. The molecule has 4 nitrogen and oxygen atoms in total. The maximum Gasteiger partial charge on any atom is 0.251 e. The first-order valence-electron chi connectivity index (χ1n) is 6.83. The molecule has 1 heterocycles. The summed E-state index contributed by atoms with van der Waals surface area (Å²) >= 11 is 0. The Labute approximate surface area is 123 Å². The fourth-order valence-corrected chi connectivity index (χ4v) is 1.96. The molecule has 5 heteroatoms. The molecule has 0 aliphatic carbocycles. The topological polar surface area (TPSA) is 54.0 Å². The van der Waals surface area contributed by atoms with Crippen molar-refractivity contribution >= 4 is 11.7 Å². The van der Waals surface area contributed by atoms with Gasteiger partial charge in [0.2, 0.25) is 0 Å². The molecule has 0 aliphatic rings. The van der Waals surface area contributed by atoms with Crippen LogP contribution in [0.3, 0.4) is 0 Å². The standard InChI is InChI=1S/C16H18FN3O/c1-3-18-15-9-13(8-11(2)20-15)16(21)19-10-12-4-6-14(17)7-5-12/h4-9H,3,10H2,1-2H3,(H,18,20)(H,19,21). The van der Waals surface area contributed by atoms with E-state index in [1.54, 1.807) is 24.3 Å². The van der Waals surface area contributed by atoms with Gasteiger partial charge in [0.25, 0.3) is 5.91 Å². The summed E-state index contributed by atoms with van der Waals surface area (Å²) in [5.41, 5.74) is 2.18. The molecule has 2 N–H and O–H groups in total. The van der Waals surface area contributed by atoms with Crippen LogP contribution in [0.1, 0.15) is 28.5 Å². The summed E-state index contributed by atoms with van der Waals surface area (Å²) in [7, 11) is 0. The van der Waals surface area contributed by atoms with E-state index >= 15 is 0 Å². The van der Waals surface area contributed by atoms with Gasteiger partial charge in [0.1, 0.15) is 11.6 Å². The van der Waals surface area contributed by atoms with E-state index in [-0.39, 0.29) is 11.7 Å². The van der Waals surface area contributed by atoms with Crippen molar-refractivity contribution in [3.8, 4) is 0 Å². The number of nitrogens with zero attached hydrogens (tertiary/aromatic N) is 1. The minimum atomic E-state index is -0.287. The molecule has 0 radical (unpaired) electrons. The van der Waals surface area contributed by atoms with E-state index < -0.39 is 0 Å². The first kappa shape index (κ1) is 15.0. The first-order valence-corrected chi connectivity index (χ1v) is 6.83. The Morgan fingerprint density at radius 1 is 1.24 bits per heavy atom. The highest BCUT2D eigenvalue weighted by atomic mass is 19.1. The number of nitrogens with one attached hydrogen (secondary N) is 2. The van der Waals surface area contributed by atoms with Crippen molar-refractivity contribution in [2.24, 2.45) is 0 Å². The minimum absolute atomic E-state index is 0.177. The van der Waals surface area contributed by atoms with E-state index in [2.05, 4.69) is 15.6 Å². The van der Waals surface area contributed by atoms with Crippen molar-refractivity contribution in [2.75, 3.05) is 11.9 Å². The van der Waals surface area contributed by atoms with Crippen molar-refractivity contribution in [3.63, 3.8) is 0 Å². The number of aryl methyl sites for hydroxylation is 1. The van der Waals surface area contributed by atoms with E-state index in [0.29, 0.717) is 17.9 Å². The zero-order valence-electron chi connectivity index (χ0n) is 12.1. The molecule has 0 unspecified atom stereocenters. The average molecular weight is 287 g/mol. The van der Waals surface area contributed by atoms with E-state index in [4.69, 9.17) is 0 Å². The molecule has 1 aromatic carbocycles. The number of carbonyl (C=O) groups is 1. The Bertz CT molecular complexity index is 626. The van der Waals surface area contributed by atoms with Crippen molar-refractivity contribution in [2.45, 2.75) is 20.4 Å². The quantitative estimate of drug-likeness (QED) is 0.889. The van der Waals surface area contributed by atoms with Gasteiger partial charge in [0.15, 0.2) is 0 Å². The van der Waals surface area contributed by atoms with Crippen LogP contribution in [0.2, 0.25) is 0 Å². The fraction of sp³-hybridized carbons (Fsp3) is 0.250. The monoisotopic (exact) mass is 287 g/mol. The SMILES string of the molecule is CCNc1cc(C(=O)NCc2ccc(F)cc2)cc(C)n1. The first-order chi connectivity index (χ1) is 10.1. The normalized spacial score (nSPS) is 10.2. The highest BCUT2D eigenvalue weighted by Gasteiger charge is 2.08. The van der Waals surface area contributed by atoms with Gasteiger partial charge in [-0.1, -0.05) is 12.1 Å². The largest absolute Gasteiger partial charge is 0.370 e. The maximum atomic E-state index is 12.8. The molecule has 0 bridgehead atoms. The number of hydrogen-bond donors (Lipinski definition) is 2. The van der Waals surface area contributed by atoms with Crippen molar-refractivity contribution < 1.29 is 9.18 Å². The second-order valence-electron chi connectivity index (χ2n) is 4.72. The second kappa shape index (κ2) is 6.83. The zero-order chi connectivity index (χ0) is 15.2. The molecule has 0 spiro atoms. The minimum Gasteiger partial charge on any atom is -0.370 e. The van der Waals surface area contributed by atoms with Gasteiger partial charge >= 0.3 is 0 Å². The lowest BCUT2D eigenvalue weighted by Crippen LogP contribution is -2.23. The average Bonchev–Trinajstić information content (AvgIpc) is 2.46. The molecule has 0 fully saturated rings. The molecule has 1 amide bonds. The van der Waals surface area contributed by atoms with E-state index in [1.165, 1.54) is 12.1 Å². The van der Waals surface area contributed by atoms with Crippen LogP contribution in [0.5, 0.6) is 0 Å². The van der Waals surface area contributed by atoms with E-state index in [1.807, 2.05) is 13.8 Å². The summed E-state index contributed by atoms with van der Waals surface area (Å²) in [5.74, 6) is 0.221. The van der Waals surface area contributed by atoms with E-state index in [9.17, 15) is 9.18 Å². The molecular weight excluding hydrogens is 269 g/mol. The summed E-state index contributed by atoms with van der Waals surface area (Å²) in [6, 6.07) is 9.51. The van der Waals surface area contributed by atoms with E-state index in [0.717, 1.165) is 17.8 Å². The lowest BCUT2D eigenvalue weighted by Gasteiger charge is -2.09. The van der Waals surface area contributed by atoms with Crippen LogP contribution in [0.4, 0.5) is 10.2 Å². The van der Waals surface area contributed by atoms with Crippen LogP contribution < -0.4 is 10.6 Å². The van der Waals surface area contributed by atoms with Crippen molar-refractivity contribution in [1.82, 2.24) is 10.3 Å². The number of aromatic nitrogens is 1. The molecule has 0 aliphatic heterocycles. The predicted octanol–water partition coefficient (Wildman–Crippen LogP) is 2.89. The van der Waals surface area contributed by atoms with Gasteiger partial charge in [-0.25, -0.2) is 9.37 Å². The number of amides is 1. The Morgan fingerprint density at radius 3 is 2.62 bits per heavy atom. The Balaban J connectivity index is 2.04. The zero-order valence-corrected chi connectivity index (χ0v) is 12.1. The Hall–Kier alpha value is -2.43. The fourth-order valence-electron chi connectivity index (χ4n) is 1.96. The number of rotatable bonds is 5. The van der Waals surface area contributed by atoms with Gasteiger partial charge in [-0.2, -0.15) is 0 Å². The molecule has 0 saturated carbocycles. The molecule has 2 rings (SSSR count). The maximum absolute atomic E-state index is 12.8. The number of halogens is 1. The molecule has 110 valence electrons. The Morgan fingerprint density at radius 2 is 1.95 bits per heavy atom. The van der Waals surface area contributed by atoms with Crippen LogP contribution in [-0.4, -0.2) is 17.4 Å². The number of carbonyl (C=O) groups excluding carboxylic acids is 1. The third-order valence-electron chi connectivity index (χ3n) is 2.94. The third-order valence-corrected chi connectivity index (χ3v) is 2.94. The molecule has 1 aromatic heterocycles. The number of benzene rings is 1. The summed E-state index contributed by atoms with van der Waals surface area (Å²) in [4.78, 5) is 16.5. The smallest absolute Gasteiger partial charge is 0.251 e. The van der Waals surface area contributed by atoms with Crippen LogP contribution in [-0.2, 0) is 6.54 Å². The van der Waals surface area contributed by atoms with Gasteiger partial charge in [-0.3, -0.25) is 4.79 Å². The van der Waals surface area contributed by atoms with Crippen molar-refractivity contribution in [3.05, 3.63) is 59.0 Å². The van der Waals surface area contributed by atoms with Gasteiger partial charge in [-0.05, 0) is 43.7 Å². The molecule has 2 aromatic rings. The van der Waals surface area contributed by atoms with Crippen LogP contribution >= 0.6 is 0 Å². The molecular formula is C16H18FN3O. The van der Waals surface area contributed by atoms with Crippen LogP contribution in [0.15, 0.2) is 36.4 Å². The lowest BCUT2D eigenvalue weighted by atomic mass is 10.2. The summed E-state index contributed by atoms with van der Waals surface area (Å²) in [6.45, 7) is 4.92. The number of anilines is 1. The van der Waals surface area contributed by atoms with Crippen LogP contribution in [0.25, 0.3) is 0 Å². The number of pyridine rings is 1. The third kappa shape index (κ3) is 4.27. The lowest BCUT2D eigenvalue weighted by molar-refractivity contribution is 0.0950. The highest BCUT2D eigenvalue weighted by molar-refractivity contribution is 5.94. The van der Waals surface area contributed by atoms with Crippen LogP contribution in [0, 0.1) is 12.7 Å². The summed E-state index contributed by atoms with van der Waals surface area (Å²) in [6.07, 6.45) is 0. The number of hydrogen-bond acceptors (Lipinski definition) is 3. The van der Waals surface area contributed by atoms with Gasteiger partial charge < -0.3 is 10.6 Å². The highest BCUT2D eigenvalue weighted by Crippen LogP contribution is 2.10. The summed E-state index contributed by atoms with van der Waals surface area (Å²) in [5, 5.41) is 5.91. The van der Waals surface area contributed by atoms with Gasteiger partial charge in [0.05, 0.1) is 0 Å². The van der Waals surface area contributed by atoms with Gasteiger partial charge in [-0.15, -0.1) is 0 Å². The predicted molar refractivity (Wildman–Crippen MR) is 80.7 cm³/mol.